The monoisotopic (exact) mass is 1140 g/mol. The van der Waals surface area contributed by atoms with Crippen LogP contribution >= 0.6 is 0 Å². The van der Waals surface area contributed by atoms with Gasteiger partial charge in [-0.05, 0) is 117 Å². The van der Waals surface area contributed by atoms with Crippen molar-refractivity contribution in [3.63, 3.8) is 0 Å². The number of nitrogens with one attached hydrogen (secondary N) is 11. The summed E-state index contributed by atoms with van der Waals surface area (Å²) in [4.78, 5) is 147. The molecule has 0 saturated heterocycles. The molecule has 0 radical (unpaired) electrons. The lowest BCUT2D eigenvalue weighted by molar-refractivity contribution is -0.137. The summed E-state index contributed by atoms with van der Waals surface area (Å²) in [5.74, 6) is -7.43. The summed E-state index contributed by atoms with van der Waals surface area (Å²) < 4.78 is 0. The molecule has 460 valence electrons. The average molecular weight is 1140 g/mol. The highest BCUT2D eigenvalue weighted by Crippen LogP contribution is 2.14. The van der Waals surface area contributed by atoms with E-state index in [-0.39, 0.29) is 61.9 Å². The van der Waals surface area contributed by atoms with Crippen molar-refractivity contribution in [1.29, 1.82) is 0 Å². The first-order chi connectivity index (χ1) is 37.2. The lowest BCUT2D eigenvalue weighted by atomic mass is 9.97. The summed E-state index contributed by atoms with van der Waals surface area (Å²) in [5.41, 5.74) is 1.18. The molecule has 14 N–H and O–H groups in total. The van der Waals surface area contributed by atoms with E-state index < -0.39 is 126 Å². The third-order valence-corrected chi connectivity index (χ3v) is 13.2. The van der Waals surface area contributed by atoms with Crippen LogP contribution in [0.15, 0.2) is 0 Å². The van der Waals surface area contributed by atoms with Crippen LogP contribution in [0.2, 0.25) is 0 Å². The van der Waals surface area contributed by atoms with Crippen LogP contribution < -0.4 is 64.2 Å². The Hall–Kier alpha value is -5.91. The molecule has 0 saturated carbocycles. The number of unbranched alkanes of at least 4 members (excludes halogenated alkanes) is 5. The summed E-state index contributed by atoms with van der Waals surface area (Å²) in [6.07, 6.45) is 7.44. The van der Waals surface area contributed by atoms with E-state index in [1.54, 1.807) is 6.92 Å². The van der Waals surface area contributed by atoms with Crippen molar-refractivity contribution in [3.8, 4) is 0 Å². The van der Waals surface area contributed by atoms with E-state index in [1.807, 2.05) is 48.5 Å². The molecule has 0 aromatic heterocycles. The highest BCUT2D eigenvalue weighted by molar-refractivity contribution is 5.99. The van der Waals surface area contributed by atoms with Gasteiger partial charge in [0.1, 0.15) is 40.8 Å². The van der Waals surface area contributed by atoms with Gasteiger partial charge in [-0.25, -0.2) is 0 Å². The minimum absolute atomic E-state index is 0.0912. The molecule has 6 atom stereocenters. The first-order valence-electron chi connectivity index (χ1n) is 28.8. The van der Waals surface area contributed by atoms with E-state index in [4.69, 9.17) is 5.73 Å². The second kappa shape index (κ2) is 37.2. The number of aliphatic hydroxyl groups is 1. The van der Waals surface area contributed by atoms with Gasteiger partial charge in [0, 0.05) is 6.42 Å². The first kappa shape index (κ1) is 74.1. The first-order valence-corrected chi connectivity index (χ1v) is 28.8. The Balaban J connectivity index is 5.81. The lowest BCUT2D eigenvalue weighted by Crippen LogP contribution is -2.62. The van der Waals surface area contributed by atoms with Crippen molar-refractivity contribution in [3.05, 3.63) is 0 Å². The van der Waals surface area contributed by atoms with Crippen molar-refractivity contribution in [2.45, 2.75) is 234 Å². The summed E-state index contributed by atoms with van der Waals surface area (Å²) in [6, 6.07) is -4.95. The zero-order valence-corrected chi connectivity index (χ0v) is 50.9. The summed E-state index contributed by atoms with van der Waals surface area (Å²) in [5, 5.41) is 38.7. The molecular formula is C56H104N12O12. The van der Waals surface area contributed by atoms with Gasteiger partial charge in [-0.1, -0.05) is 94.4 Å². The number of amides is 11. The number of aliphatic hydroxyl groups excluding tert-OH is 1. The van der Waals surface area contributed by atoms with Gasteiger partial charge in [0.25, 0.3) is 0 Å². The largest absolute Gasteiger partial charge is 0.394 e. The number of carbonyl (C=O) groups excluding carboxylic acids is 11. The van der Waals surface area contributed by atoms with Crippen LogP contribution in [-0.4, -0.2) is 150 Å². The van der Waals surface area contributed by atoms with Crippen LogP contribution in [0.3, 0.4) is 0 Å². The van der Waals surface area contributed by atoms with E-state index in [9.17, 15) is 57.8 Å². The van der Waals surface area contributed by atoms with Crippen molar-refractivity contribution >= 4 is 65.0 Å². The Morgan fingerprint density at radius 3 is 1.30 bits per heavy atom. The summed E-state index contributed by atoms with van der Waals surface area (Å²) in [7, 11) is 0. The van der Waals surface area contributed by atoms with Crippen molar-refractivity contribution in [1.82, 2.24) is 58.5 Å². The minimum atomic E-state index is -1.62. The molecule has 0 aliphatic carbocycles. The van der Waals surface area contributed by atoms with Gasteiger partial charge in [-0.3, -0.25) is 52.7 Å². The van der Waals surface area contributed by atoms with Crippen LogP contribution in [0.4, 0.5) is 0 Å². The third kappa shape index (κ3) is 30.1. The van der Waals surface area contributed by atoms with Crippen molar-refractivity contribution in [2.75, 3.05) is 32.8 Å². The molecule has 0 aliphatic rings. The fraction of sp³-hybridized carbons (Fsp3) is 0.804. The van der Waals surface area contributed by atoms with Crippen LogP contribution in [0, 0.1) is 23.7 Å². The number of carbonyl (C=O) groups is 11. The zero-order valence-electron chi connectivity index (χ0n) is 50.9. The molecule has 80 heavy (non-hydrogen) atoms. The molecule has 0 bridgehead atoms. The van der Waals surface area contributed by atoms with Gasteiger partial charge in [0.05, 0.1) is 32.3 Å². The van der Waals surface area contributed by atoms with Crippen molar-refractivity contribution in [2.24, 2.45) is 29.4 Å². The van der Waals surface area contributed by atoms with E-state index in [2.05, 4.69) is 65.4 Å². The standard InChI is InChI=1S/C56H104N12O12/c1-16-18-19-20-21-25-42(70)66-54(10,11)51(78)58-31-44(72)63-40(28-35(5)6)48(75)67-55(12,13)52(79)59-30-43(71)62-39(24-22-23-26-57)47(74)64-41(29-36(7)8)49(76)68-56(14,15)53(80)60-32-45(73)65-46(37(9)17-2)50(77)61-38(33-69)27-34(3)4/h34-41,46,69H,16-33,57H2,1-15H3,(H,58,78)(H,59,79)(H,60,80)(H,61,77)(H,62,71)(H,63,72)(H,64,74)(H,65,73)(H,66,70)(H,67,75)(H,68,76)/t37-,38-,39-,40-,41-,46-/m0/s1. The molecule has 11 amide bonds. The smallest absolute Gasteiger partial charge is 0.245 e. The van der Waals surface area contributed by atoms with E-state index in [0.29, 0.717) is 38.6 Å². The molecule has 0 fully saturated rings. The maximum absolute atomic E-state index is 13.9. The maximum atomic E-state index is 13.9. The normalized spacial score (nSPS) is 14.1. The average Bonchev–Trinajstić information content (AvgIpc) is 3.35. The van der Waals surface area contributed by atoms with Gasteiger partial charge >= 0.3 is 0 Å². The van der Waals surface area contributed by atoms with Crippen LogP contribution in [0.5, 0.6) is 0 Å². The molecule has 24 heteroatoms. The Labute approximate surface area is 476 Å². The Kier molecular flexibility index (Phi) is 34.4. The number of rotatable bonds is 40. The summed E-state index contributed by atoms with van der Waals surface area (Å²) in [6.45, 7) is 24.0. The van der Waals surface area contributed by atoms with Crippen LogP contribution in [0.1, 0.15) is 187 Å². The predicted molar refractivity (Wildman–Crippen MR) is 307 cm³/mol. The zero-order chi connectivity index (χ0) is 61.6. The minimum Gasteiger partial charge on any atom is -0.394 e. The fourth-order valence-electron chi connectivity index (χ4n) is 8.30. The van der Waals surface area contributed by atoms with Gasteiger partial charge in [0.2, 0.25) is 65.0 Å². The molecule has 0 unspecified atom stereocenters. The quantitative estimate of drug-likeness (QED) is 0.0383. The molecule has 24 nitrogen and oxygen atoms in total. The molecule has 0 heterocycles. The van der Waals surface area contributed by atoms with Crippen molar-refractivity contribution < 1.29 is 57.8 Å². The Morgan fingerprint density at radius 2 is 0.875 bits per heavy atom. The highest BCUT2D eigenvalue weighted by atomic mass is 16.3. The Bertz CT molecular complexity index is 2030. The van der Waals surface area contributed by atoms with E-state index in [0.717, 1.165) is 25.7 Å². The molecule has 0 rings (SSSR count). The van der Waals surface area contributed by atoms with Gasteiger partial charge < -0.3 is 69.3 Å². The second-order valence-electron chi connectivity index (χ2n) is 23.9. The maximum Gasteiger partial charge on any atom is 0.245 e. The molecule has 0 aromatic rings. The Morgan fingerprint density at radius 1 is 0.450 bits per heavy atom. The van der Waals surface area contributed by atoms with E-state index in [1.165, 1.54) is 41.5 Å². The van der Waals surface area contributed by atoms with Gasteiger partial charge in [0.15, 0.2) is 0 Å². The van der Waals surface area contributed by atoms with Crippen LogP contribution in [0.25, 0.3) is 0 Å². The van der Waals surface area contributed by atoms with Gasteiger partial charge in [-0.15, -0.1) is 0 Å². The highest BCUT2D eigenvalue weighted by Gasteiger charge is 2.37. The number of nitrogens with two attached hydrogens (primary N) is 1. The lowest BCUT2D eigenvalue weighted by Gasteiger charge is -2.30. The molecule has 0 aliphatic heterocycles. The molecule has 0 aromatic carbocycles. The van der Waals surface area contributed by atoms with Gasteiger partial charge in [-0.2, -0.15) is 0 Å². The molecule has 0 spiro atoms. The van der Waals surface area contributed by atoms with E-state index >= 15 is 0 Å². The number of hydrogen-bond donors (Lipinski definition) is 13. The summed E-state index contributed by atoms with van der Waals surface area (Å²) >= 11 is 0. The third-order valence-electron chi connectivity index (χ3n) is 13.2. The second-order valence-corrected chi connectivity index (χ2v) is 23.9. The fourth-order valence-corrected chi connectivity index (χ4v) is 8.30. The predicted octanol–water partition coefficient (Wildman–Crippen LogP) is 1.11. The topological polar surface area (TPSA) is 366 Å². The number of hydrogen-bond acceptors (Lipinski definition) is 13. The molecular weight excluding hydrogens is 1030 g/mol. The SMILES string of the molecule is CCCCCCCC(=O)NC(C)(C)C(=O)NCC(=O)N[C@@H](CC(C)C)C(=O)NC(C)(C)C(=O)NCC(=O)N[C@@H](CCCCN)C(=O)N[C@@H](CC(C)C)C(=O)NC(C)(C)C(=O)NCC(=O)N[C@H](C(=O)N[C@H](CO)CC(C)C)[C@@H](C)CC. The van der Waals surface area contributed by atoms with Crippen LogP contribution in [-0.2, 0) is 52.7 Å².